The van der Waals surface area contributed by atoms with Gasteiger partial charge < -0.3 is 19.2 Å². The van der Waals surface area contributed by atoms with Gasteiger partial charge in [-0.25, -0.2) is 4.98 Å². The first-order valence-electron chi connectivity index (χ1n) is 10.8. The molecule has 3 heterocycles. The van der Waals surface area contributed by atoms with Crippen molar-refractivity contribution in [2.24, 2.45) is 0 Å². The Hall–Kier alpha value is -3.42. The lowest BCUT2D eigenvalue weighted by atomic mass is 10.1. The van der Waals surface area contributed by atoms with Crippen LogP contribution >= 0.6 is 0 Å². The fraction of sp³-hybridized carbons (Fsp3) is 0.280. The first-order valence-corrected chi connectivity index (χ1v) is 10.8. The van der Waals surface area contributed by atoms with E-state index in [1.54, 1.807) is 30.3 Å². The number of aliphatic hydroxyl groups excluding tert-OH is 1. The summed E-state index contributed by atoms with van der Waals surface area (Å²) in [5.41, 5.74) is 0.969. The molecule has 2 aromatic carbocycles. The third kappa shape index (κ3) is 4.30. The molecular weight excluding hydrogens is 406 g/mol. The van der Waals surface area contributed by atoms with Gasteiger partial charge in [0.05, 0.1) is 10.8 Å². The number of rotatable bonds is 6. The highest BCUT2D eigenvalue weighted by Crippen LogP contribution is 2.23. The number of benzene rings is 2. The fourth-order valence-electron chi connectivity index (χ4n) is 4.11. The van der Waals surface area contributed by atoms with Crippen molar-refractivity contribution in [2.45, 2.75) is 6.10 Å². The number of para-hydroxylation sites is 1. The number of hydrogen-bond donors (Lipinski definition) is 1. The number of ether oxygens (including phenoxy) is 1. The molecule has 4 aromatic rings. The van der Waals surface area contributed by atoms with Crippen LogP contribution in [0, 0.1) is 0 Å². The molecule has 5 rings (SSSR count). The minimum absolute atomic E-state index is 0.0571. The van der Waals surface area contributed by atoms with Crippen LogP contribution in [0.3, 0.4) is 0 Å². The average Bonchev–Trinajstić information content (AvgIpc) is 2.84. The van der Waals surface area contributed by atoms with E-state index >= 15 is 0 Å². The number of nitrogens with zero attached hydrogens (tertiary/aromatic N) is 3. The van der Waals surface area contributed by atoms with Crippen molar-refractivity contribution < 1.29 is 14.3 Å². The Morgan fingerprint density at radius 2 is 1.75 bits per heavy atom. The SMILES string of the molecule is O=c1c2ccccc2oc2cc(OCC(O)CN3CCN(c4ccccn4)CC3)ccc12. The Morgan fingerprint density at radius 1 is 0.969 bits per heavy atom. The minimum Gasteiger partial charge on any atom is -0.491 e. The number of fused-ring (bicyclic) bond motifs is 2. The standard InChI is InChI=1S/C25H25N3O4/c29-18(16-27-11-13-28(14-12-27)24-7-3-4-10-26-24)17-31-19-8-9-21-23(15-19)32-22-6-2-1-5-20(22)25(21)30/h1-10,15,18,29H,11-14,16-17H2. The smallest absolute Gasteiger partial charge is 0.200 e. The molecule has 1 unspecified atom stereocenters. The molecule has 164 valence electrons. The summed E-state index contributed by atoms with van der Waals surface area (Å²) in [6.07, 6.45) is 1.19. The van der Waals surface area contributed by atoms with E-state index < -0.39 is 6.10 Å². The zero-order chi connectivity index (χ0) is 21.9. The molecule has 1 aliphatic heterocycles. The van der Waals surface area contributed by atoms with Crippen molar-refractivity contribution in [3.05, 3.63) is 77.1 Å². The van der Waals surface area contributed by atoms with E-state index in [2.05, 4.69) is 14.8 Å². The molecular formula is C25H25N3O4. The summed E-state index contributed by atoms with van der Waals surface area (Å²) in [5.74, 6) is 1.56. The van der Waals surface area contributed by atoms with E-state index in [9.17, 15) is 9.90 Å². The second kappa shape index (κ2) is 8.98. The monoisotopic (exact) mass is 431 g/mol. The number of β-amino-alcohol motifs (C(OH)–C–C–N with tert-alkyl or cyclic N) is 1. The van der Waals surface area contributed by atoms with Crippen LogP contribution in [0.15, 0.2) is 76.1 Å². The lowest BCUT2D eigenvalue weighted by Crippen LogP contribution is -2.49. The van der Waals surface area contributed by atoms with Crippen molar-refractivity contribution in [2.75, 3.05) is 44.2 Å². The zero-order valence-electron chi connectivity index (χ0n) is 17.7. The van der Waals surface area contributed by atoms with E-state index in [0.717, 1.165) is 32.0 Å². The summed E-state index contributed by atoms with van der Waals surface area (Å²) >= 11 is 0. The lowest BCUT2D eigenvalue weighted by Gasteiger charge is -2.36. The molecule has 2 aromatic heterocycles. The highest BCUT2D eigenvalue weighted by molar-refractivity contribution is 5.90. The average molecular weight is 431 g/mol. The predicted molar refractivity (Wildman–Crippen MR) is 124 cm³/mol. The summed E-state index contributed by atoms with van der Waals surface area (Å²) < 4.78 is 11.7. The van der Waals surface area contributed by atoms with Crippen LogP contribution in [0.1, 0.15) is 0 Å². The van der Waals surface area contributed by atoms with Gasteiger partial charge in [0.1, 0.15) is 35.4 Å². The van der Waals surface area contributed by atoms with Gasteiger partial charge in [0, 0.05) is 45.0 Å². The molecule has 0 saturated carbocycles. The molecule has 1 aliphatic rings. The number of pyridine rings is 1. The van der Waals surface area contributed by atoms with Crippen LogP contribution < -0.4 is 15.1 Å². The van der Waals surface area contributed by atoms with E-state index in [-0.39, 0.29) is 12.0 Å². The van der Waals surface area contributed by atoms with Gasteiger partial charge in [-0.3, -0.25) is 9.69 Å². The van der Waals surface area contributed by atoms with E-state index in [0.29, 0.717) is 34.2 Å². The lowest BCUT2D eigenvalue weighted by molar-refractivity contribution is 0.0663. The predicted octanol–water partition coefficient (Wildman–Crippen LogP) is 2.90. The van der Waals surface area contributed by atoms with Crippen LogP contribution in [0.5, 0.6) is 5.75 Å². The molecule has 1 fully saturated rings. The molecule has 0 amide bonds. The fourth-order valence-corrected chi connectivity index (χ4v) is 4.11. The molecule has 32 heavy (non-hydrogen) atoms. The molecule has 7 nitrogen and oxygen atoms in total. The van der Waals surface area contributed by atoms with Crippen LogP contribution in [0.25, 0.3) is 21.9 Å². The third-order valence-corrected chi connectivity index (χ3v) is 5.81. The third-order valence-electron chi connectivity index (χ3n) is 5.81. The van der Waals surface area contributed by atoms with Crippen molar-refractivity contribution >= 4 is 27.8 Å². The van der Waals surface area contributed by atoms with Gasteiger partial charge in [0.15, 0.2) is 0 Å². The summed E-state index contributed by atoms with van der Waals surface area (Å²) in [6.45, 7) is 4.20. The maximum Gasteiger partial charge on any atom is 0.200 e. The van der Waals surface area contributed by atoms with E-state index in [1.165, 1.54) is 0 Å². The van der Waals surface area contributed by atoms with Gasteiger partial charge in [-0.15, -0.1) is 0 Å². The topological polar surface area (TPSA) is 79.0 Å². The number of aliphatic hydroxyl groups is 1. The molecule has 1 atom stereocenters. The summed E-state index contributed by atoms with van der Waals surface area (Å²) in [5, 5.41) is 11.6. The quantitative estimate of drug-likeness (QED) is 0.470. The Labute approximate surface area is 185 Å². The number of hydrogen-bond acceptors (Lipinski definition) is 7. The highest BCUT2D eigenvalue weighted by atomic mass is 16.5. The maximum atomic E-state index is 12.6. The van der Waals surface area contributed by atoms with E-state index in [4.69, 9.17) is 9.15 Å². The van der Waals surface area contributed by atoms with Crippen LogP contribution in [-0.4, -0.2) is 60.4 Å². The van der Waals surface area contributed by atoms with Crippen molar-refractivity contribution in [1.29, 1.82) is 0 Å². The van der Waals surface area contributed by atoms with Gasteiger partial charge in [-0.1, -0.05) is 18.2 Å². The van der Waals surface area contributed by atoms with Crippen LogP contribution in [0.4, 0.5) is 5.82 Å². The Bertz CT molecular complexity index is 1270. The molecule has 0 radical (unpaired) electrons. The molecule has 0 spiro atoms. The summed E-state index contributed by atoms with van der Waals surface area (Å²) in [6, 6.07) is 18.3. The molecule has 7 heteroatoms. The largest absolute Gasteiger partial charge is 0.491 e. The van der Waals surface area contributed by atoms with Gasteiger partial charge in [-0.05, 0) is 36.4 Å². The highest BCUT2D eigenvalue weighted by Gasteiger charge is 2.20. The van der Waals surface area contributed by atoms with Gasteiger partial charge >= 0.3 is 0 Å². The van der Waals surface area contributed by atoms with Crippen LogP contribution in [0.2, 0.25) is 0 Å². The summed E-state index contributed by atoms with van der Waals surface area (Å²) in [4.78, 5) is 21.5. The molecule has 0 aliphatic carbocycles. The van der Waals surface area contributed by atoms with Crippen molar-refractivity contribution in [3.63, 3.8) is 0 Å². The number of aromatic nitrogens is 1. The van der Waals surface area contributed by atoms with Gasteiger partial charge in [0.25, 0.3) is 0 Å². The Balaban J connectivity index is 1.18. The first kappa shape index (κ1) is 20.5. The minimum atomic E-state index is -0.615. The Morgan fingerprint density at radius 3 is 2.56 bits per heavy atom. The number of anilines is 1. The second-order valence-electron chi connectivity index (χ2n) is 8.03. The van der Waals surface area contributed by atoms with Gasteiger partial charge in [0.2, 0.25) is 5.43 Å². The Kier molecular flexibility index (Phi) is 5.75. The van der Waals surface area contributed by atoms with Crippen molar-refractivity contribution in [3.8, 4) is 5.75 Å². The van der Waals surface area contributed by atoms with E-state index in [1.807, 2.05) is 36.5 Å². The number of piperazine rings is 1. The first-order chi connectivity index (χ1) is 15.7. The van der Waals surface area contributed by atoms with Crippen molar-refractivity contribution in [1.82, 2.24) is 9.88 Å². The molecule has 1 N–H and O–H groups in total. The molecule has 0 bridgehead atoms. The van der Waals surface area contributed by atoms with Gasteiger partial charge in [-0.2, -0.15) is 0 Å². The normalized spacial score (nSPS) is 15.8. The zero-order valence-corrected chi connectivity index (χ0v) is 17.7. The summed E-state index contributed by atoms with van der Waals surface area (Å²) in [7, 11) is 0. The second-order valence-corrected chi connectivity index (χ2v) is 8.03. The molecule has 1 saturated heterocycles. The maximum absolute atomic E-state index is 12.6. The van der Waals surface area contributed by atoms with Crippen LogP contribution in [-0.2, 0) is 0 Å².